The van der Waals surface area contributed by atoms with Crippen LogP contribution in [0.25, 0.3) is 0 Å². The molecule has 1 fully saturated rings. The maximum atomic E-state index is 15.0. The van der Waals surface area contributed by atoms with Gasteiger partial charge in [-0.1, -0.05) is 89.9 Å². The van der Waals surface area contributed by atoms with Crippen molar-refractivity contribution >= 4 is 96.3 Å². The molecule has 0 radical (unpaired) electrons. The van der Waals surface area contributed by atoms with Crippen LogP contribution in [0, 0.1) is 11.8 Å². The summed E-state index contributed by atoms with van der Waals surface area (Å²) in [4.78, 5) is 156. The van der Waals surface area contributed by atoms with Gasteiger partial charge in [0.15, 0.2) is 5.96 Å². The van der Waals surface area contributed by atoms with Crippen molar-refractivity contribution < 1.29 is 63.0 Å². The van der Waals surface area contributed by atoms with Gasteiger partial charge < -0.3 is 80.6 Å². The van der Waals surface area contributed by atoms with Crippen LogP contribution in [0.2, 0.25) is 0 Å². The lowest BCUT2D eigenvalue weighted by atomic mass is 9.96. The number of phenolic OH excluding ortho intramolecular Hbond substituents is 1. The fourth-order valence-corrected chi connectivity index (χ4v) is 9.75. The number of likely N-dealkylation sites (tertiary alicyclic amines) is 1. The number of primary amides is 1. The fraction of sp³-hybridized carbons (Fsp3) is 0.579. The number of thiol groups is 2. The van der Waals surface area contributed by atoms with E-state index in [1.54, 1.807) is 51.1 Å². The summed E-state index contributed by atoms with van der Waals surface area (Å²) >= 11 is 8.08. The van der Waals surface area contributed by atoms with Gasteiger partial charge in [0.1, 0.15) is 60.1 Å². The second kappa shape index (κ2) is 37.0. The Kier molecular flexibility index (Phi) is 31.3. The Morgan fingerprint density at radius 3 is 1.71 bits per heavy atom. The Bertz CT molecular complexity index is 2650. The normalized spacial score (nSPS) is 16.4. The number of hydrogen-bond donors (Lipinski definition) is 16. The summed E-state index contributed by atoms with van der Waals surface area (Å²) in [6.07, 6.45) is 0.652. The third-order valence-electron chi connectivity index (χ3n) is 14.3. The van der Waals surface area contributed by atoms with Crippen LogP contribution in [0.1, 0.15) is 110 Å². The average Bonchev–Trinajstić information content (AvgIpc) is 2.73. The highest BCUT2D eigenvalue weighted by Crippen LogP contribution is 2.22. The zero-order valence-corrected chi connectivity index (χ0v) is 51.2. The Morgan fingerprint density at radius 2 is 1.15 bits per heavy atom. The molecule has 0 unspecified atom stereocenters. The quantitative estimate of drug-likeness (QED) is 0.0159. The van der Waals surface area contributed by atoms with Crippen molar-refractivity contribution in [2.24, 2.45) is 39.8 Å². The molecule has 27 nitrogen and oxygen atoms in total. The van der Waals surface area contributed by atoms with E-state index in [1.165, 1.54) is 29.2 Å². The van der Waals surface area contributed by atoms with E-state index in [-0.39, 0.29) is 93.6 Å². The van der Waals surface area contributed by atoms with Crippen molar-refractivity contribution in [2.45, 2.75) is 172 Å². The van der Waals surface area contributed by atoms with Crippen molar-refractivity contribution in [1.82, 2.24) is 47.4 Å². The molecule has 1 aliphatic rings. The number of nitrogens with two attached hydrogens (primary N) is 4. The third-order valence-corrected chi connectivity index (χ3v) is 15.1. The molecule has 0 aromatic heterocycles. The molecule has 2 aromatic rings. The van der Waals surface area contributed by atoms with Crippen molar-refractivity contribution in [1.29, 1.82) is 0 Å². The highest BCUT2D eigenvalue weighted by molar-refractivity contribution is 7.80. The monoisotopic (exact) mass is 1240 g/mol. The maximum Gasteiger partial charge on any atom is 0.327 e. The van der Waals surface area contributed by atoms with E-state index in [0.29, 0.717) is 30.4 Å². The predicted molar refractivity (Wildman–Crippen MR) is 328 cm³/mol. The molecule has 18 N–H and O–H groups in total. The van der Waals surface area contributed by atoms with Gasteiger partial charge in [-0.3, -0.25) is 52.9 Å². The van der Waals surface area contributed by atoms with Crippen molar-refractivity contribution in [3.05, 3.63) is 65.7 Å². The van der Waals surface area contributed by atoms with Gasteiger partial charge in [-0.15, -0.1) is 0 Å². The second-order valence-corrected chi connectivity index (χ2v) is 22.5. The van der Waals surface area contributed by atoms with Crippen LogP contribution >= 0.6 is 25.3 Å². The number of aromatic hydroxyl groups is 1. The van der Waals surface area contributed by atoms with Crippen molar-refractivity contribution in [3.8, 4) is 5.75 Å². The first-order chi connectivity index (χ1) is 40.7. The summed E-state index contributed by atoms with van der Waals surface area (Å²) < 4.78 is 0. The largest absolute Gasteiger partial charge is 0.508 e. The molecule has 0 spiro atoms. The number of phenols is 1. The third kappa shape index (κ3) is 24.4. The Morgan fingerprint density at radius 1 is 0.628 bits per heavy atom. The number of nitrogens with zero attached hydrogens (tertiary/aromatic N) is 2. The van der Waals surface area contributed by atoms with Gasteiger partial charge in [-0.05, 0) is 80.0 Å². The van der Waals surface area contributed by atoms with Gasteiger partial charge in [-0.25, -0.2) is 4.79 Å². The topological polar surface area (TPSA) is 444 Å². The van der Waals surface area contributed by atoms with Crippen LogP contribution in [0.5, 0.6) is 5.75 Å². The first kappa shape index (κ1) is 72.6. The lowest BCUT2D eigenvalue weighted by Gasteiger charge is -2.32. The van der Waals surface area contributed by atoms with Crippen LogP contribution in [0.3, 0.4) is 0 Å². The molecule has 29 heteroatoms. The van der Waals surface area contributed by atoms with Gasteiger partial charge in [0.05, 0.1) is 6.04 Å². The summed E-state index contributed by atoms with van der Waals surface area (Å²) in [5, 5.41) is 40.8. The minimum atomic E-state index is -1.54. The molecule has 1 heterocycles. The molecule has 0 saturated carbocycles. The Balaban J connectivity index is 1.99. The zero-order chi connectivity index (χ0) is 64.2. The molecule has 3 rings (SSSR count). The first-order valence-electron chi connectivity index (χ1n) is 28.8. The summed E-state index contributed by atoms with van der Waals surface area (Å²) in [6.45, 7) is 9.09. The van der Waals surface area contributed by atoms with Gasteiger partial charge >= 0.3 is 5.97 Å². The van der Waals surface area contributed by atoms with Gasteiger partial charge in [0.2, 0.25) is 59.1 Å². The van der Waals surface area contributed by atoms with E-state index in [9.17, 15) is 58.2 Å². The van der Waals surface area contributed by atoms with Gasteiger partial charge in [0, 0.05) is 43.9 Å². The molecule has 2 aromatic carbocycles. The fourth-order valence-electron chi connectivity index (χ4n) is 9.34. The van der Waals surface area contributed by atoms with Crippen molar-refractivity contribution in [2.75, 3.05) is 24.6 Å². The van der Waals surface area contributed by atoms with E-state index < -0.39 is 138 Å². The molecule has 86 heavy (non-hydrogen) atoms. The van der Waals surface area contributed by atoms with Crippen LogP contribution in [0.4, 0.5) is 0 Å². The van der Waals surface area contributed by atoms with Gasteiger partial charge in [0.25, 0.3) is 0 Å². The number of rotatable bonds is 37. The number of aliphatic carboxylic acids is 1. The van der Waals surface area contributed by atoms with Crippen LogP contribution in [0.15, 0.2) is 59.6 Å². The van der Waals surface area contributed by atoms with Gasteiger partial charge in [-0.2, -0.15) is 25.3 Å². The van der Waals surface area contributed by atoms with E-state index in [2.05, 4.69) is 72.8 Å². The van der Waals surface area contributed by atoms with E-state index in [0.717, 1.165) is 0 Å². The maximum absolute atomic E-state index is 15.0. The van der Waals surface area contributed by atoms with E-state index in [4.69, 9.17) is 22.9 Å². The van der Waals surface area contributed by atoms with Crippen molar-refractivity contribution in [3.63, 3.8) is 0 Å². The van der Waals surface area contributed by atoms with Crippen LogP contribution < -0.4 is 65.5 Å². The highest BCUT2D eigenvalue weighted by Gasteiger charge is 2.41. The number of hydrogen-bond acceptors (Lipinski definition) is 16. The molecule has 1 saturated heterocycles. The molecule has 0 bridgehead atoms. The van der Waals surface area contributed by atoms with E-state index >= 15 is 4.79 Å². The number of carboxylic acid groups (broad SMARTS) is 1. The van der Waals surface area contributed by atoms with Crippen LogP contribution in [-0.4, -0.2) is 171 Å². The number of amides is 10. The molecular weight excluding hydrogens is 1150 g/mol. The summed E-state index contributed by atoms with van der Waals surface area (Å²) in [5.41, 5.74) is 23.3. The number of aliphatic imine (C=N–C) groups is 1. The smallest absolute Gasteiger partial charge is 0.327 e. The Hall–Kier alpha value is -7.66. The first-order valence-corrected chi connectivity index (χ1v) is 30.1. The standard InChI is InChI=1S/C57H88N14O13S2/c1-6-13-37(48(75)69-43(30-86)56(83)84)65-54(81)46(32(5)7-2)70-52(79)40(26-31(3)4)67-53(80)44-17-12-25-71(44)55(82)42(28-33-14-9-8-10-15-33)68-51(78)41(27-34-18-20-35(72)21-19-34)66-50(77)39(22-23-45(59)73)64-49(76)38(16-11-24-62-57(60)61)63-47(74)36(58)29-85/h8-10,14-15,18-21,31-32,36-44,46,72,85-86H,6-7,11-13,16-17,22-30,58H2,1-5H3,(H2,59,73)(H,63,74)(H,64,76)(H,65,81)(H,66,77)(H,67,80)(H,68,78)(H,69,75)(H,70,79)(H,83,84)(H4,60,61,62)/t32-,36-,37-,38-,39-,40-,41-,42-,43-,44-,46-/m0/s1. The molecule has 1 aliphatic heterocycles. The molecule has 11 atom stereocenters. The molecule has 0 aliphatic carbocycles. The molecule has 10 amide bonds. The summed E-state index contributed by atoms with van der Waals surface area (Å²) in [7, 11) is 0. The van der Waals surface area contributed by atoms with E-state index in [1.807, 2.05) is 13.8 Å². The molecule has 476 valence electrons. The lowest BCUT2D eigenvalue weighted by molar-refractivity contribution is -0.143. The molecular formula is C57H88N14O13S2. The average molecular weight is 1240 g/mol. The highest BCUT2D eigenvalue weighted by atomic mass is 32.1. The lowest BCUT2D eigenvalue weighted by Crippen LogP contribution is -2.61. The SMILES string of the molecule is CCC[C@H](NC(=O)[C@@H](NC(=O)[C@H](CC(C)C)NC(=O)[C@@H]1CCCN1C(=O)[C@H](Cc1ccccc1)NC(=O)[C@H](Cc1ccc(O)cc1)NC(=O)[C@H](CCC(N)=O)NC(=O)[C@H](CCCN=C(N)N)NC(=O)[C@@H](N)CS)[C@@H](C)CC)C(=O)N[C@@H](CS)C(=O)O. The number of carbonyl (C=O) groups is 11. The predicted octanol–water partition coefficient (Wildman–Crippen LogP) is -1.47. The Labute approximate surface area is 512 Å². The second-order valence-electron chi connectivity index (χ2n) is 21.7. The van der Waals surface area contributed by atoms with Crippen LogP contribution in [-0.2, 0) is 65.6 Å². The summed E-state index contributed by atoms with van der Waals surface area (Å²) in [5.74, 6) is -10.3. The summed E-state index contributed by atoms with van der Waals surface area (Å²) in [6, 6.07) is 1.50. The number of benzene rings is 2. The number of guanidine groups is 1. The number of carboxylic acids is 1. The number of carbonyl (C=O) groups excluding carboxylic acids is 10. The zero-order valence-electron chi connectivity index (χ0n) is 49.4. The minimum Gasteiger partial charge on any atom is -0.508 e. The minimum absolute atomic E-state index is 0.0332. The number of nitrogens with one attached hydrogen (secondary N) is 8.